The van der Waals surface area contributed by atoms with Gasteiger partial charge in [-0.15, -0.1) is 0 Å². The summed E-state index contributed by atoms with van der Waals surface area (Å²) in [6, 6.07) is 3.85. The van der Waals surface area contributed by atoms with Crippen LogP contribution in [0.15, 0.2) is 16.6 Å². The molecule has 0 spiro atoms. The van der Waals surface area contributed by atoms with Crippen molar-refractivity contribution in [2.75, 3.05) is 0 Å². The lowest BCUT2D eigenvalue weighted by Gasteiger charge is -2.11. The molecule has 1 aromatic rings. The van der Waals surface area contributed by atoms with Crippen LogP contribution in [0.2, 0.25) is 0 Å². The zero-order valence-corrected chi connectivity index (χ0v) is 18.4. The summed E-state index contributed by atoms with van der Waals surface area (Å²) in [7, 11) is 0. The van der Waals surface area contributed by atoms with Gasteiger partial charge in [-0.25, -0.2) is 4.79 Å². The lowest BCUT2D eigenvalue weighted by molar-refractivity contribution is 0.0694. The summed E-state index contributed by atoms with van der Waals surface area (Å²) >= 11 is 3.52. The molecule has 1 N–H and O–H groups in total. The van der Waals surface area contributed by atoms with E-state index in [-0.39, 0.29) is 0 Å². The van der Waals surface area contributed by atoms with Gasteiger partial charge in [0, 0.05) is 4.47 Å². The van der Waals surface area contributed by atoms with Crippen molar-refractivity contribution >= 4 is 21.9 Å². The second kappa shape index (κ2) is 14.3. The Morgan fingerprint density at radius 3 is 1.77 bits per heavy atom. The number of carboxylic acid groups (broad SMARTS) is 1. The van der Waals surface area contributed by atoms with Crippen molar-refractivity contribution in [2.24, 2.45) is 0 Å². The number of benzene rings is 1. The largest absolute Gasteiger partial charge is 0.478 e. The van der Waals surface area contributed by atoms with Crippen LogP contribution in [0, 0.1) is 6.92 Å². The zero-order chi connectivity index (χ0) is 19.2. The molecule has 3 heteroatoms. The fourth-order valence-corrected chi connectivity index (χ4v) is 4.13. The standard InChI is InChI=1S/C23H37BrO2/c1-3-4-5-6-7-8-9-10-11-12-13-14-15-16-20-21(24)18-17-19(2)22(20)23(25)26/h17-18H,3-16H2,1-2H3,(H,25,26). The average molecular weight is 425 g/mol. The summed E-state index contributed by atoms with van der Waals surface area (Å²) in [5.74, 6) is -0.812. The second-order valence-corrected chi connectivity index (χ2v) is 8.37. The molecule has 0 fully saturated rings. The monoisotopic (exact) mass is 424 g/mol. The summed E-state index contributed by atoms with van der Waals surface area (Å²) in [6.45, 7) is 4.15. The van der Waals surface area contributed by atoms with Gasteiger partial charge in [0.05, 0.1) is 5.56 Å². The van der Waals surface area contributed by atoms with Gasteiger partial charge in [0.15, 0.2) is 0 Å². The summed E-state index contributed by atoms with van der Waals surface area (Å²) in [6.07, 6.45) is 18.2. The van der Waals surface area contributed by atoms with Crippen molar-refractivity contribution < 1.29 is 9.90 Å². The maximum atomic E-state index is 11.5. The number of carbonyl (C=O) groups is 1. The molecule has 2 nitrogen and oxygen atoms in total. The highest BCUT2D eigenvalue weighted by molar-refractivity contribution is 9.10. The minimum absolute atomic E-state index is 0.485. The van der Waals surface area contributed by atoms with Crippen LogP contribution in [-0.4, -0.2) is 11.1 Å². The minimum atomic E-state index is -0.812. The zero-order valence-electron chi connectivity index (χ0n) is 16.8. The van der Waals surface area contributed by atoms with Crippen LogP contribution in [0.3, 0.4) is 0 Å². The Hall–Kier alpha value is -0.830. The third-order valence-electron chi connectivity index (χ3n) is 5.21. The number of hydrogen-bond donors (Lipinski definition) is 1. The summed E-state index contributed by atoms with van der Waals surface area (Å²) in [5, 5.41) is 9.45. The quantitative estimate of drug-likeness (QED) is 0.288. The van der Waals surface area contributed by atoms with E-state index in [4.69, 9.17) is 0 Å². The van der Waals surface area contributed by atoms with Gasteiger partial charge >= 0.3 is 5.97 Å². The van der Waals surface area contributed by atoms with E-state index in [1.807, 2.05) is 19.1 Å². The molecule has 148 valence electrons. The molecule has 0 aliphatic heterocycles. The molecular formula is C23H37BrO2. The van der Waals surface area contributed by atoms with E-state index >= 15 is 0 Å². The third kappa shape index (κ3) is 9.21. The highest BCUT2D eigenvalue weighted by Gasteiger charge is 2.15. The van der Waals surface area contributed by atoms with Crippen LogP contribution in [-0.2, 0) is 6.42 Å². The number of aryl methyl sites for hydroxylation is 1. The van der Waals surface area contributed by atoms with Gasteiger partial charge in [-0.05, 0) is 37.0 Å². The van der Waals surface area contributed by atoms with Crippen molar-refractivity contribution in [3.05, 3.63) is 33.3 Å². The Bertz CT molecular complexity index is 525. The molecule has 0 unspecified atom stereocenters. The van der Waals surface area contributed by atoms with Gasteiger partial charge < -0.3 is 5.11 Å². The first-order valence-electron chi connectivity index (χ1n) is 10.6. The molecule has 0 saturated heterocycles. The molecule has 0 atom stereocenters. The van der Waals surface area contributed by atoms with Crippen molar-refractivity contribution in [3.63, 3.8) is 0 Å². The Morgan fingerprint density at radius 1 is 0.846 bits per heavy atom. The number of hydrogen-bond acceptors (Lipinski definition) is 1. The Morgan fingerprint density at radius 2 is 1.31 bits per heavy atom. The molecule has 0 aromatic heterocycles. The first-order valence-corrected chi connectivity index (χ1v) is 11.4. The van der Waals surface area contributed by atoms with Gasteiger partial charge in [-0.1, -0.05) is 106 Å². The predicted molar refractivity (Wildman–Crippen MR) is 115 cm³/mol. The van der Waals surface area contributed by atoms with Crippen LogP contribution in [0.25, 0.3) is 0 Å². The summed E-state index contributed by atoms with van der Waals surface area (Å²) in [5.41, 5.74) is 2.30. The topological polar surface area (TPSA) is 37.3 Å². The highest BCUT2D eigenvalue weighted by atomic mass is 79.9. The lowest BCUT2D eigenvalue weighted by atomic mass is 9.97. The van der Waals surface area contributed by atoms with Gasteiger partial charge in [0.25, 0.3) is 0 Å². The fraction of sp³-hybridized carbons (Fsp3) is 0.696. The average Bonchev–Trinajstić information content (AvgIpc) is 2.61. The Balaban J connectivity index is 2.10. The molecule has 1 aromatic carbocycles. The number of unbranched alkanes of at least 4 members (excludes halogenated alkanes) is 12. The molecule has 26 heavy (non-hydrogen) atoms. The van der Waals surface area contributed by atoms with Crippen molar-refractivity contribution in [1.82, 2.24) is 0 Å². The number of rotatable bonds is 15. The van der Waals surface area contributed by atoms with Crippen LogP contribution in [0.4, 0.5) is 0 Å². The van der Waals surface area contributed by atoms with Crippen LogP contribution >= 0.6 is 15.9 Å². The van der Waals surface area contributed by atoms with Gasteiger partial charge in [-0.2, -0.15) is 0 Å². The maximum absolute atomic E-state index is 11.5. The second-order valence-electron chi connectivity index (χ2n) is 7.52. The molecule has 1 rings (SSSR count). The van der Waals surface area contributed by atoms with E-state index < -0.39 is 5.97 Å². The first-order chi connectivity index (χ1) is 12.6. The fourth-order valence-electron chi connectivity index (χ4n) is 3.60. The van der Waals surface area contributed by atoms with Crippen molar-refractivity contribution in [1.29, 1.82) is 0 Å². The summed E-state index contributed by atoms with van der Waals surface area (Å²) < 4.78 is 0.930. The molecule has 0 amide bonds. The molecule has 0 saturated carbocycles. The number of aromatic carboxylic acids is 1. The van der Waals surface area contributed by atoms with Crippen LogP contribution in [0.1, 0.15) is 112 Å². The first kappa shape index (κ1) is 23.2. The van der Waals surface area contributed by atoms with E-state index in [1.54, 1.807) is 0 Å². The van der Waals surface area contributed by atoms with Crippen molar-refractivity contribution in [3.8, 4) is 0 Å². The molecular weight excluding hydrogens is 388 g/mol. The van der Waals surface area contributed by atoms with Crippen molar-refractivity contribution in [2.45, 2.75) is 104 Å². The predicted octanol–water partition coefficient (Wildman–Crippen LogP) is 8.09. The van der Waals surface area contributed by atoms with Crippen LogP contribution in [0.5, 0.6) is 0 Å². The van der Waals surface area contributed by atoms with Gasteiger partial charge in [0.1, 0.15) is 0 Å². The smallest absolute Gasteiger partial charge is 0.336 e. The van der Waals surface area contributed by atoms with Gasteiger partial charge in [0.2, 0.25) is 0 Å². The molecule has 0 aliphatic rings. The third-order valence-corrected chi connectivity index (χ3v) is 5.95. The van der Waals surface area contributed by atoms with E-state index in [0.29, 0.717) is 5.56 Å². The SMILES string of the molecule is CCCCCCCCCCCCCCCc1c(Br)ccc(C)c1C(=O)O. The van der Waals surface area contributed by atoms with E-state index in [1.165, 1.54) is 77.0 Å². The minimum Gasteiger partial charge on any atom is -0.478 e. The molecule has 0 aliphatic carbocycles. The van der Waals surface area contributed by atoms with E-state index in [0.717, 1.165) is 28.4 Å². The van der Waals surface area contributed by atoms with Gasteiger partial charge in [-0.3, -0.25) is 0 Å². The Kier molecular flexibility index (Phi) is 12.7. The maximum Gasteiger partial charge on any atom is 0.336 e. The molecule has 0 radical (unpaired) electrons. The van der Waals surface area contributed by atoms with E-state index in [9.17, 15) is 9.90 Å². The molecule has 0 heterocycles. The lowest BCUT2D eigenvalue weighted by Crippen LogP contribution is -2.06. The molecule has 0 bridgehead atoms. The normalized spacial score (nSPS) is 11.0. The number of halogens is 1. The number of carboxylic acids is 1. The van der Waals surface area contributed by atoms with Crippen LogP contribution < -0.4 is 0 Å². The van der Waals surface area contributed by atoms with E-state index in [2.05, 4.69) is 22.9 Å². The highest BCUT2D eigenvalue weighted by Crippen LogP contribution is 2.26. The summed E-state index contributed by atoms with van der Waals surface area (Å²) in [4.78, 5) is 11.5. The Labute approximate surface area is 168 Å².